The van der Waals surface area contributed by atoms with Crippen LogP contribution in [-0.4, -0.2) is 35.2 Å². The number of fused-ring (bicyclic) bond motifs is 1. The van der Waals surface area contributed by atoms with Crippen molar-refractivity contribution >= 4 is 17.7 Å². The number of hydrogen-bond donors (Lipinski definition) is 2. The first-order valence-electron chi connectivity index (χ1n) is 5.04. The molecule has 2 heterocycles. The molecule has 1 aromatic heterocycles. The fourth-order valence-electron chi connectivity index (χ4n) is 1.62. The van der Waals surface area contributed by atoms with Crippen molar-refractivity contribution in [3.63, 3.8) is 0 Å². The normalized spacial score (nSPS) is 12.5. The van der Waals surface area contributed by atoms with Crippen LogP contribution in [0, 0.1) is 0 Å². The predicted octanol–water partition coefficient (Wildman–Crippen LogP) is 0.185. The lowest BCUT2D eigenvalue weighted by atomic mass is 10.1. The molecule has 78 valence electrons. The number of nitrogens with one attached hydrogen (secondary N) is 1. The Morgan fingerprint density at radius 1 is 1.53 bits per heavy atom. The van der Waals surface area contributed by atoms with E-state index in [9.17, 15) is 0 Å². The molecule has 0 saturated heterocycles. The van der Waals surface area contributed by atoms with Crippen molar-refractivity contribution in [1.29, 1.82) is 0 Å². The molecule has 0 unspecified atom stereocenters. The zero-order valence-corrected chi connectivity index (χ0v) is 8.70. The summed E-state index contributed by atoms with van der Waals surface area (Å²) in [6, 6.07) is 1.95. The van der Waals surface area contributed by atoms with E-state index < -0.39 is 0 Å². The Kier molecular flexibility index (Phi) is 2.81. The van der Waals surface area contributed by atoms with Crippen molar-refractivity contribution in [3.8, 4) is 0 Å². The summed E-state index contributed by atoms with van der Waals surface area (Å²) in [5, 5.41) is 11.9. The molecular weight excluding hydrogens is 190 g/mol. The van der Waals surface area contributed by atoms with E-state index in [1.807, 2.05) is 19.2 Å². The number of aromatic nitrogens is 1. The molecule has 0 aliphatic carbocycles. The molecular formula is C11H14N3O+. The van der Waals surface area contributed by atoms with Crippen LogP contribution >= 0.6 is 0 Å². The monoisotopic (exact) mass is 204 g/mol. The minimum Gasteiger partial charge on any atom is -0.396 e. The second-order valence-electron chi connectivity index (χ2n) is 3.47. The molecule has 0 atom stereocenters. The highest BCUT2D eigenvalue weighted by Crippen LogP contribution is 2.17. The van der Waals surface area contributed by atoms with E-state index in [0.717, 1.165) is 35.6 Å². The van der Waals surface area contributed by atoms with Gasteiger partial charge in [-0.25, -0.2) is 4.98 Å². The van der Waals surface area contributed by atoms with Crippen LogP contribution in [0.1, 0.15) is 24.5 Å². The molecule has 4 nitrogen and oxygen atoms in total. The third kappa shape index (κ3) is 1.91. The number of hydrogen-bond acceptors (Lipinski definition) is 3. The third-order valence-electron chi connectivity index (χ3n) is 2.37. The Balaban J connectivity index is 2.20. The predicted molar refractivity (Wildman–Crippen MR) is 61.5 cm³/mol. The highest BCUT2D eigenvalue weighted by Gasteiger charge is 2.23. The van der Waals surface area contributed by atoms with Crippen LogP contribution in [0.2, 0.25) is 0 Å². The molecule has 2 rings (SSSR count). The zero-order valence-electron chi connectivity index (χ0n) is 8.70. The van der Waals surface area contributed by atoms with Gasteiger partial charge in [-0.1, -0.05) is 4.67 Å². The third-order valence-corrected chi connectivity index (χ3v) is 2.37. The summed E-state index contributed by atoms with van der Waals surface area (Å²) in [5.41, 5.74) is 3.18. The van der Waals surface area contributed by atoms with E-state index in [0.29, 0.717) is 0 Å². The summed E-state index contributed by atoms with van der Waals surface area (Å²) < 4.78 is 4.26. The maximum absolute atomic E-state index is 8.70. The van der Waals surface area contributed by atoms with Gasteiger partial charge in [-0.2, -0.15) is 0 Å². The van der Waals surface area contributed by atoms with Gasteiger partial charge in [0, 0.05) is 26.3 Å². The molecule has 2 N–H and O–H groups in total. The summed E-state index contributed by atoms with van der Waals surface area (Å²) in [5.74, 6) is 0.857. The number of anilines is 1. The minimum atomic E-state index is 0.196. The SMILES string of the molecule is CC1=[N+]=Cc2ccnc(NCCCO)c21. The van der Waals surface area contributed by atoms with Crippen LogP contribution in [0.25, 0.3) is 0 Å². The van der Waals surface area contributed by atoms with Gasteiger partial charge in [-0.15, -0.1) is 0 Å². The highest BCUT2D eigenvalue weighted by atomic mass is 16.3. The van der Waals surface area contributed by atoms with Gasteiger partial charge in [0.2, 0.25) is 0 Å². The molecule has 0 aromatic carbocycles. The highest BCUT2D eigenvalue weighted by molar-refractivity contribution is 6.13. The van der Waals surface area contributed by atoms with Crippen molar-refractivity contribution in [2.24, 2.45) is 0 Å². The number of nitrogens with zero attached hydrogens (tertiary/aromatic N) is 2. The lowest BCUT2D eigenvalue weighted by Crippen LogP contribution is -2.10. The van der Waals surface area contributed by atoms with Crippen LogP contribution in [0.5, 0.6) is 0 Å². The number of aliphatic hydroxyl groups excluding tert-OH is 1. The van der Waals surface area contributed by atoms with Crippen LogP contribution in [0.4, 0.5) is 5.82 Å². The van der Waals surface area contributed by atoms with E-state index in [1.165, 1.54) is 0 Å². The van der Waals surface area contributed by atoms with Gasteiger partial charge in [0.15, 0.2) is 0 Å². The molecule has 1 aromatic rings. The molecule has 0 saturated carbocycles. The van der Waals surface area contributed by atoms with Crippen molar-refractivity contribution in [1.82, 2.24) is 9.65 Å². The van der Waals surface area contributed by atoms with Crippen LogP contribution < -0.4 is 9.98 Å². The lowest BCUT2D eigenvalue weighted by molar-refractivity contribution is 0.292. The average molecular weight is 204 g/mol. The van der Waals surface area contributed by atoms with Gasteiger partial charge in [-0.3, -0.25) is 0 Å². The summed E-state index contributed by atoms with van der Waals surface area (Å²) in [6.45, 7) is 2.90. The topological polar surface area (TPSA) is 59.2 Å². The zero-order chi connectivity index (χ0) is 10.7. The van der Waals surface area contributed by atoms with E-state index >= 15 is 0 Å². The number of rotatable bonds is 4. The second-order valence-corrected chi connectivity index (χ2v) is 3.47. The van der Waals surface area contributed by atoms with E-state index in [1.54, 1.807) is 6.20 Å². The number of aliphatic hydroxyl groups is 1. The standard InChI is InChI=1S/C11H13N3O/c1-8-10-9(7-14-8)3-5-13-11(10)12-4-2-6-15/h3,5,7,15H,2,4,6H2,1H3/p+1. The average Bonchev–Trinajstić information content (AvgIpc) is 2.62. The van der Waals surface area contributed by atoms with Gasteiger partial charge >= 0.3 is 11.9 Å². The summed E-state index contributed by atoms with van der Waals surface area (Å²) in [7, 11) is 0. The largest absolute Gasteiger partial charge is 0.396 e. The van der Waals surface area contributed by atoms with E-state index in [4.69, 9.17) is 5.11 Å². The number of pyridine rings is 1. The Labute approximate surface area is 88.4 Å². The first-order valence-corrected chi connectivity index (χ1v) is 5.04. The van der Waals surface area contributed by atoms with Gasteiger partial charge in [-0.05, 0) is 12.5 Å². The Morgan fingerprint density at radius 2 is 2.40 bits per heavy atom. The fourth-order valence-corrected chi connectivity index (χ4v) is 1.62. The summed E-state index contributed by atoms with van der Waals surface area (Å²) in [4.78, 5) is 4.28. The quantitative estimate of drug-likeness (QED) is 0.543. The summed E-state index contributed by atoms with van der Waals surface area (Å²) >= 11 is 0. The molecule has 0 amide bonds. The molecule has 0 bridgehead atoms. The Morgan fingerprint density at radius 3 is 3.20 bits per heavy atom. The molecule has 4 heteroatoms. The molecule has 1 aliphatic heterocycles. The van der Waals surface area contributed by atoms with Crippen LogP contribution in [-0.2, 0) is 0 Å². The fraction of sp³-hybridized carbons (Fsp3) is 0.364. The maximum Gasteiger partial charge on any atom is 0.312 e. The molecule has 0 fully saturated rings. The smallest absolute Gasteiger partial charge is 0.312 e. The van der Waals surface area contributed by atoms with Gasteiger partial charge in [0.25, 0.3) is 0 Å². The second kappa shape index (κ2) is 4.26. The molecule has 1 aliphatic rings. The van der Waals surface area contributed by atoms with Crippen LogP contribution in [0.3, 0.4) is 0 Å². The van der Waals surface area contributed by atoms with Gasteiger partial charge < -0.3 is 10.4 Å². The van der Waals surface area contributed by atoms with E-state index in [-0.39, 0.29) is 6.61 Å². The Hall–Kier alpha value is -1.64. The summed E-state index contributed by atoms with van der Waals surface area (Å²) in [6.07, 6.45) is 4.35. The van der Waals surface area contributed by atoms with Crippen molar-refractivity contribution in [3.05, 3.63) is 23.4 Å². The van der Waals surface area contributed by atoms with Gasteiger partial charge in [0.1, 0.15) is 11.4 Å². The molecule has 15 heavy (non-hydrogen) atoms. The van der Waals surface area contributed by atoms with Gasteiger partial charge in [0.05, 0.1) is 5.56 Å². The molecule has 0 radical (unpaired) electrons. The van der Waals surface area contributed by atoms with Crippen molar-refractivity contribution in [2.45, 2.75) is 13.3 Å². The first kappa shape index (κ1) is 9.90. The van der Waals surface area contributed by atoms with E-state index in [2.05, 4.69) is 15.0 Å². The van der Waals surface area contributed by atoms with Crippen molar-refractivity contribution < 1.29 is 5.11 Å². The van der Waals surface area contributed by atoms with Crippen molar-refractivity contribution in [2.75, 3.05) is 18.5 Å². The maximum atomic E-state index is 8.70. The first-order chi connectivity index (χ1) is 7.33. The molecule has 0 spiro atoms. The minimum absolute atomic E-state index is 0.196. The lowest BCUT2D eigenvalue weighted by Gasteiger charge is -2.06. The van der Waals surface area contributed by atoms with Crippen LogP contribution in [0.15, 0.2) is 12.3 Å². The Bertz CT molecular complexity index is 433.